The highest BCUT2D eigenvalue weighted by Crippen LogP contribution is 2.16. The summed E-state index contributed by atoms with van der Waals surface area (Å²) in [4.78, 5) is 33.2. The Labute approximate surface area is 102 Å². The van der Waals surface area contributed by atoms with Gasteiger partial charge in [0.1, 0.15) is 5.82 Å². The standard InChI is InChI=1S/C11H10FNO5/c1-17-10(15)9(14)6-3-4-8(7(12)5-6)13-11(16)18-2/h3-5H,1-2H3,(H,13,16). The Morgan fingerprint density at radius 1 is 1.17 bits per heavy atom. The van der Waals surface area contributed by atoms with E-state index in [0.29, 0.717) is 0 Å². The number of Topliss-reactive ketones (excluding diaryl/α,β-unsaturated/α-hetero) is 1. The molecule has 0 aliphatic rings. The number of halogens is 1. The Morgan fingerprint density at radius 3 is 2.33 bits per heavy atom. The molecule has 0 saturated heterocycles. The van der Waals surface area contributed by atoms with Gasteiger partial charge in [0.25, 0.3) is 5.78 Å². The third-order valence-corrected chi connectivity index (χ3v) is 2.02. The average molecular weight is 255 g/mol. The molecule has 0 bridgehead atoms. The van der Waals surface area contributed by atoms with Gasteiger partial charge in [-0.1, -0.05) is 0 Å². The van der Waals surface area contributed by atoms with Crippen LogP contribution >= 0.6 is 0 Å². The highest BCUT2D eigenvalue weighted by atomic mass is 19.1. The summed E-state index contributed by atoms with van der Waals surface area (Å²) in [5, 5.41) is 2.11. The summed E-state index contributed by atoms with van der Waals surface area (Å²) >= 11 is 0. The van der Waals surface area contributed by atoms with Crippen LogP contribution in [-0.2, 0) is 14.3 Å². The first-order chi connectivity index (χ1) is 8.49. The number of esters is 1. The number of nitrogens with one attached hydrogen (secondary N) is 1. The van der Waals surface area contributed by atoms with Gasteiger partial charge in [-0.25, -0.2) is 14.0 Å². The van der Waals surface area contributed by atoms with Crippen LogP contribution in [0.2, 0.25) is 0 Å². The molecule has 0 radical (unpaired) electrons. The van der Waals surface area contributed by atoms with E-state index in [1.165, 1.54) is 6.07 Å². The predicted octanol–water partition coefficient (Wildman–Crippen LogP) is 1.36. The van der Waals surface area contributed by atoms with E-state index in [2.05, 4.69) is 14.8 Å². The second-order valence-corrected chi connectivity index (χ2v) is 3.13. The van der Waals surface area contributed by atoms with Crippen molar-refractivity contribution in [3.63, 3.8) is 0 Å². The van der Waals surface area contributed by atoms with Gasteiger partial charge in [0.15, 0.2) is 0 Å². The van der Waals surface area contributed by atoms with Gasteiger partial charge in [-0.3, -0.25) is 10.1 Å². The fourth-order valence-corrected chi connectivity index (χ4v) is 1.13. The Balaban J connectivity index is 2.95. The minimum absolute atomic E-state index is 0.164. The lowest BCUT2D eigenvalue weighted by Gasteiger charge is -2.06. The molecule has 1 amide bonds. The number of carbonyl (C=O) groups is 3. The fraction of sp³-hybridized carbons (Fsp3) is 0.182. The molecule has 96 valence electrons. The maximum Gasteiger partial charge on any atom is 0.411 e. The van der Waals surface area contributed by atoms with Crippen LogP contribution < -0.4 is 5.32 Å². The van der Waals surface area contributed by atoms with Crippen molar-refractivity contribution in [1.29, 1.82) is 0 Å². The van der Waals surface area contributed by atoms with E-state index in [0.717, 1.165) is 26.4 Å². The first-order valence-electron chi connectivity index (χ1n) is 4.76. The van der Waals surface area contributed by atoms with Crippen LogP contribution in [0.4, 0.5) is 14.9 Å². The van der Waals surface area contributed by atoms with Gasteiger partial charge in [0, 0.05) is 5.56 Å². The van der Waals surface area contributed by atoms with Gasteiger partial charge in [0.2, 0.25) is 0 Å². The maximum absolute atomic E-state index is 13.5. The zero-order chi connectivity index (χ0) is 13.7. The van der Waals surface area contributed by atoms with Crippen LogP contribution in [0.15, 0.2) is 18.2 Å². The van der Waals surface area contributed by atoms with Gasteiger partial charge in [-0.05, 0) is 18.2 Å². The topological polar surface area (TPSA) is 81.7 Å². The summed E-state index contributed by atoms with van der Waals surface area (Å²) < 4.78 is 22.0. The van der Waals surface area contributed by atoms with Gasteiger partial charge >= 0.3 is 12.1 Å². The van der Waals surface area contributed by atoms with Crippen molar-refractivity contribution >= 4 is 23.5 Å². The van der Waals surface area contributed by atoms with Gasteiger partial charge in [-0.15, -0.1) is 0 Å². The molecule has 0 atom stereocenters. The molecule has 0 aliphatic carbocycles. The van der Waals surface area contributed by atoms with Crippen molar-refractivity contribution in [3.05, 3.63) is 29.6 Å². The molecule has 0 fully saturated rings. The Bertz CT molecular complexity index is 500. The normalized spacial score (nSPS) is 9.50. The summed E-state index contributed by atoms with van der Waals surface area (Å²) in [7, 11) is 2.17. The van der Waals surface area contributed by atoms with Crippen LogP contribution in [0.3, 0.4) is 0 Å². The highest BCUT2D eigenvalue weighted by molar-refractivity contribution is 6.40. The van der Waals surface area contributed by atoms with E-state index in [-0.39, 0.29) is 11.3 Å². The SMILES string of the molecule is COC(=O)Nc1ccc(C(=O)C(=O)OC)cc1F. The van der Waals surface area contributed by atoms with Crippen LogP contribution in [-0.4, -0.2) is 32.1 Å². The number of ether oxygens (including phenoxy) is 2. The lowest BCUT2D eigenvalue weighted by Crippen LogP contribution is -2.17. The molecule has 0 spiro atoms. The lowest BCUT2D eigenvalue weighted by molar-refractivity contribution is -0.135. The molecule has 0 aromatic heterocycles. The summed E-state index contributed by atoms with van der Waals surface area (Å²) in [5.41, 5.74) is -0.335. The molecule has 0 saturated carbocycles. The number of hydrogen-bond donors (Lipinski definition) is 1. The van der Waals surface area contributed by atoms with Crippen LogP contribution in [0.5, 0.6) is 0 Å². The number of carbonyl (C=O) groups excluding carboxylic acids is 3. The Morgan fingerprint density at radius 2 is 1.83 bits per heavy atom. The van der Waals surface area contributed by atoms with E-state index in [1.54, 1.807) is 0 Å². The number of ketones is 1. The van der Waals surface area contributed by atoms with Crippen molar-refractivity contribution < 1.29 is 28.2 Å². The molecule has 1 rings (SSSR count). The molecule has 6 nitrogen and oxygen atoms in total. The largest absolute Gasteiger partial charge is 0.463 e. The number of anilines is 1. The summed E-state index contributed by atoms with van der Waals surface area (Å²) in [6.45, 7) is 0. The molecule has 1 aromatic carbocycles. The first-order valence-corrected chi connectivity index (χ1v) is 4.76. The minimum Gasteiger partial charge on any atom is -0.463 e. The minimum atomic E-state index is -1.09. The second-order valence-electron chi connectivity index (χ2n) is 3.13. The zero-order valence-corrected chi connectivity index (χ0v) is 9.65. The van der Waals surface area contributed by atoms with Crippen molar-refractivity contribution in [3.8, 4) is 0 Å². The number of rotatable bonds is 3. The maximum atomic E-state index is 13.5. The number of benzene rings is 1. The number of amides is 1. The quantitative estimate of drug-likeness (QED) is 0.501. The third-order valence-electron chi connectivity index (χ3n) is 2.02. The lowest BCUT2D eigenvalue weighted by atomic mass is 10.1. The smallest absolute Gasteiger partial charge is 0.411 e. The molecule has 0 heterocycles. The molecule has 0 aliphatic heterocycles. The Hall–Kier alpha value is -2.44. The summed E-state index contributed by atoms with van der Waals surface area (Å²) in [6, 6.07) is 3.15. The van der Waals surface area contributed by atoms with Gasteiger partial charge in [-0.2, -0.15) is 0 Å². The van der Waals surface area contributed by atoms with Crippen molar-refractivity contribution in [1.82, 2.24) is 0 Å². The van der Waals surface area contributed by atoms with Crippen molar-refractivity contribution in [2.45, 2.75) is 0 Å². The van der Waals surface area contributed by atoms with Crippen molar-refractivity contribution in [2.75, 3.05) is 19.5 Å². The predicted molar refractivity (Wildman–Crippen MR) is 58.8 cm³/mol. The molecular weight excluding hydrogens is 245 g/mol. The fourth-order valence-electron chi connectivity index (χ4n) is 1.13. The molecule has 0 unspecified atom stereocenters. The summed E-state index contributed by atoms with van der Waals surface area (Å²) in [6.07, 6.45) is -0.846. The first kappa shape index (κ1) is 13.6. The van der Waals surface area contributed by atoms with Gasteiger partial charge in [0.05, 0.1) is 19.9 Å². The molecule has 7 heteroatoms. The van der Waals surface area contributed by atoms with Crippen LogP contribution in [0.25, 0.3) is 0 Å². The second kappa shape index (κ2) is 5.76. The van der Waals surface area contributed by atoms with E-state index in [4.69, 9.17) is 0 Å². The molecule has 1 N–H and O–H groups in total. The number of methoxy groups -OCH3 is 2. The van der Waals surface area contributed by atoms with Crippen LogP contribution in [0.1, 0.15) is 10.4 Å². The summed E-state index contributed by atoms with van der Waals surface area (Å²) in [5.74, 6) is -2.93. The molecular formula is C11H10FNO5. The highest BCUT2D eigenvalue weighted by Gasteiger charge is 2.18. The average Bonchev–Trinajstić information content (AvgIpc) is 2.38. The van der Waals surface area contributed by atoms with Crippen LogP contribution in [0, 0.1) is 5.82 Å². The van der Waals surface area contributed by atoms with E-state index in [1.807, 2.05) is 0 Å². The Kier molecular flexibility index (Phi) is 4.36. The van der Waals surface area contributed by atoms with Gasteiger partial charge < -0.3 is 9.47 Å². The molecule has 18 heavy (non-hydrogen) atoms. The van der Waals surface area contributed by atoms with E-state index < -0.39 is 23.7 Å². The van der Waals surface area contributed by atoms with E-state index in [9.17, 15) is 18.8 Å². The van der Waals surface area contributed by atoms with Crippen molar-refractivity contribution in [2.24, 2.45) is 0 Å². The zero-order valence-electron chi connectivity index (χ0n) is 9.65. The number of hydrogen-bond acceptors (Lipinski definition) is 5. The third kappa shape index (κ3) is 3.03. The molecule has 1 aromatic rings. The van der Waals surface area contributed by atoms with E-state index >= 15 is 0 Å². The monoisotopic (exact) mass is 255 g/mol.